The third-order valence-electron chi connectivity index (χ3n) is 4.29. The Kier molecular flexibility index (Phi) is 2.03. The summed E-state index contributed by atoms with van der Waals surface area (Å²) >= 11 is 0. The summed E-state index contributed by atoms with van der Waals surface area (Å²) in [4.78, 5) is 0. The number of piperidine rings is 1. The second-order valence-electron chi connectivity index (χ2n) is 5.12. The fourth-order valence-corrected chi connectivity index (χ4v) is 3.21. The zero-order valence-corrected chi connectivity index (χ0v) is 8.85. The van der Waals surface area contributed by atoms with Crippen LogP contribution in [0, 0.1) is 17.3 Å². The van der Waals surface area contributed by atoms with Crippen LogP contribution in [0.2, 0.25) is 0 Å². The molecule has 0 aromatic heterocycles. The van der Waals surface area contributed by atoms with Gasteiger partial charge in [0.2, 0.25) is 0 Å². The number of alkyl halides is 3. The molecule has 16 heavy (non-hydrogen) atoms. The van der Waals surface area contributed by atoms with E-state index >= 15 is 0 Å². The standard InChI is InChI=1S/C12H14F3N/c13-12(14,15)9-3-1-8(2-4-9)11-5-10(11)6-16-7-11/h1,3-4,8,10,16H,2,5-7H2/t8?,10-,11?/m1/s1. The van der Waals surface area contributed by atoms with Gasteiger partial charge in [0, 0.05) is 6.54 Å². The first-order valence-electron chi connectivity index (χ1n) is 5.69. The van der Waals surface area contributed by atoms with Gasteiger partial charge in [-0.1, -0.05) is 18.2 Å². The molecule has 4 heteroatoms. The van der Waals surface area contributed by atoms with Crippen molar-refractivity contribution >= 4 is 0 Å². The summed E-state index contributed by atoms with van der Waals surface area (Å²) in [5.74, 6) is 1.00. The maximum absolute atomic E-state index is 12.4. The van der Waals surface area contributed by atoms with Crippen LogP contribution in [0.25, 0.3) is 0 Å². The highest BCUT2D eigenvalue weighted by Crippen LogP contribution is 2.61. The summed E-state index contributed by atoms with van der Waals surface area (Å²) in [6, 6.07) is 0. The SMILES string of the molecule is FC(F)(F)C1=CCC(C23CNC[C@H]2C3)C=C1. The number of hydrogen-bond acceptors (Lipinski definition) is 1. The molecule has 2 fully saturated rings. The lowest BCUT2D eigenvalue weighted by Gasteiger charge is -2.24. The summed E-state index contributed by atoms with van der Waals surface area (Å²) in [6.45, 7) is 2.02. The number of nitrogens with one attached hydrogen (secondary N) is 1. The quantitative estimate of drug-likeness (QED) is 0.729. The predicted octanol–water partition coefficient (Wildman–Crippen LogP) is 2.66. The zero-order chi connectivity index (χ0) is 11.4. The van der Waals surface area contributed by atoms with Crippen molar-refractivity contribution in [1.29, 1.82) is 0 Å². The van der Waals surface area contributed by atoms with Gasteiger partial charge in [0.05, 0.1) is 5.57 Å². The molecule has 3 atom stereocenters. The van der Waals surface area contributed by atoms with Gasteiger partial charge in [0.25, 0.3) is 0 Å². The largest absolute Gasteiger partial charge is 0.416 e. The predicted molar refractivity (Wildman–Crippen MR) is 54.8 cm³/mol. The van der Waals surface area contributed by atoms with Gasteiger partial charge in [-0.2, -0.15) is 13.2 Å². The Balaban J connectivity index is 1.72. The topological polar surface area (TPSA) is 12.0 Å². The van der Waals surface area contributed by atoms with Gasteiger partial charge in [-0.25, -0.2) is 0 Å². The number of hydrogen-bond donors (Lipinski definition) is 1. The Bertz CT molecular complexity index is 369. The van der Waals surface area contributed by atoms with Gasteiger partial charge in [-0.05, 0) is 36.6 Å². The minimum atomic E-state index is -4.18. The second-order valence-corrected chi connectivity index (χ2v) is 5.12. The molecular weight excluding hydrogens is 215 g/mol. The van der Waals surface area contributed by atoms with E-state index in [9.17, 15) is 13.2 Å². The van der Waals surface area contributed by atoms with E-state index in [1.165, 1.54) is 18.6 Å². The monoisotopic (exact) mass is 229 g/mol. The van der Waals surface area contributed by atoms with Gasteiger partial charge < -0.3 is 5.32 Å². The van der Waals surface area contributed by atoms with Crippen molar-refractivity contribution in [2.75, 3.05) is 13.1 Å². The van der Waals surface area contributed by atoms with Crippen molar-refractivity contribution in [3.63, 3.8) is 0 Å². The Hall–Kier alpha value is -0.770. The van der Waals surface area contributed by atoms with Gasteiger partial charge in [-0.15, -0.1) is 0 Å². The van der Waals surface area contributed by atoms with Crippen molar-refractivity contribution in [3.05, 3.63) is 23.8 Å². The van der Waals surface area contributed by atoms with Crippen LogP contribution in [-0.2, 0) is 0 Å². The molecule has 3 aliphatic rings. The average Bonchev–Trinajstić information content (AvgIpc) is 2.81. The lowest BCUT2D eigenvalue weighted by atomic mass is 9.82. The smallest absolute Gasteiger partial charge is 0.316 e. The van der Waals surface area contributed by atoms with Gasteiger partial charge in [-0.3, -0.25) is 0 Å². The van der Waals surface area contributed by atoms with Gasteiger partial charge in [0.1, 0.15) is 0 Å². The molecule has 0 radical (unpaired) electrons. The van der Waals surface area contributed by atoms with E-state index in [1.807, 2.05) is 0 Å². The molecule has 2 aliphatic carbocycles. The zero-order valence-electron chi connectivity index (χ0n) is 8.85. The fraction of sp³-hybridized carbons (Fsp3) is 0.667. The Morgan fingerprint density at radius 2 is 2.19 bits per heavy atom. The van der Waals surface area contributed by atoms with Crippen LogP contribution >= 0.6 is 0 Å². The molecule has 1 heterocycles. The highest BCUT2D eigenvalue weighted by molar-refractivity contribution is 5.31. The van der Waals surface area contributed by atoms with Crippen LogP contribution in [0.5, 0.6) is 0 Å². The molecular formula is C12H14F3N. The maximum Gasteiger partial charge on any atom is 0.416 e. The lowest BCUT2D eigenvalue weighted by Crippen LogP contribution is -2.24. The molecule has 0 bridgehead atoms. The van der Waals surface area contributed by atoms with Crippen molar-refractivity contribution < 1.29 is 13.2 Å². The van der Waals surface area contributed by atoms with E-state index in [4.69, 9.17) is 0 Å². The molecule has 2 unspecified atom stereocenters. The summed E-state index contributed by atoms with van der Waals surface area (Å²) < 4.78 is 37.3. The highest BCUT2D eigenvalue weighted by atomic mass is 19.4. The van der Waals surface area contributed by atoms with Crippen LogP contribution in [0.15, 0.2) is 23.8 Å². The van der Waals surface area contributed by atoms with E-state index in [0.717, 1.165) is 13.1 Å². The third-order valence-corrected chi connectivity index (χ3v) is 4.29. The van der Waals surface area contributed by atoms with E-state index in [1.54, 1.807) is 6.08 Å². The first-order chi connectivity index (χ1) is 7.52. The van der Waals surface area contributed by atoms with Crippen molar-refractivity contribution in [1.82, 2.24) is 5.32 Å². The van der Waals surface area contributed by atoms with Crippen LogP contribution < -0.4 is 5.32 Å². The number of rotatable bonds is 1. The first kappa shape index (κ1) is 10.4. The maximum atomic E-state index is 12.4. The highest BCUT2D eigenvalue weighted by Gasteiger charge is 2.60. The molecule has 1 saturated carbocycles. The van der Waals surface area contributed by atoms with Gasteiger partial charge >= 0.3 is 6.18 Å². The Labute approximate surface area is 92.4 Å². The number of halogens is 3. The van der Waals surface area contributed by atoms with Crippen molar-refractivity contribution in [2.45, 2.75) is 19.0 Å². The van der Waals surface area contributed by atoms with Crippen LogP contribution in [-0.4, -0.2) is 19.3 Å². The average molecular weight is 229 g/mol. The molecule has 0 spiro atoms. The third kappa shape index (κ3) is 1.43. The van der Waals surface area contributed by atoms with E-state index in [2.05, 4.69) is 5.32 Å². The van der Waals surface area contributed by atoms with Crippen molar-refractivity contribution in [3.8, 4) is 0 Å². The Morgan fingerprint density at radius 3 is 2.62 bits per heavy atom. The molecule has 0 aromatic carbocycles. The molecule has 3 rings (SSSR count). The molecule has 1 nitrogen and oxygen atoms in total. The molecule has 88 valence electrons. The van der Waals surface area contributed by atoms with Crippen LogP contribution in [0.1, 0.15) is 12.8 Å². The molecule has 1 saturated heterocycles. The summed E-state index contributed by atoms with van der Waals surface area (Å²) in [5, 5.41) is 3.32. The molecule has 0 aromatic rings. The summed E-state index contributed by atoms with van der Waals surface area (Å²) in [5.41, 5.74) is -0.201. The van der Waals surface area contributed by atoms with Crippen LogP contribution in [0.3, 0.4) is 0 Å². The second kappa shape index (κ2) is 3.13. The normalized spacial score (nSPS) is 41.8. The Morgan fingerprint density at radius 1 is 1.38 bits per heavy atom. The summed E-state index contributed by atoms with van der Waals surface area (Å²) in [6.07, 6.45) is 1.93. The van der Waals surface area contributed by atoms with Crippen LogP contribution in [0.4, 0.5) is 13.2 Å². The van der Waals surface area contributed by atoms with Gasteiger partial charge in [0.15, 0.2) is 0 Å². The minimum absolute atomic E-state index is 0.282. The molecule has 0 amide bonds. The fourth-order valence-electron chi connectivity index (χ4n) is 3.21. The van der Waals surface area contributed by atoms with E-state index in [-0.39, 0.29) is 5.41 Å². The van der Waals surface area contributed by atoms with E-state index < -0.39 is 11.7 Å². The van der Waals surface area contributed by atoms with Crippen molar-refractivity contribution in [2.24, 2.45) is 17.3 Å². The number of fused-ring (bicyclic) bond motifs is 1. The minimum Gasteiger partial charge on any atom is -0.316 e. The number of allylic oxidation sites excluding steroid dienone is 4. The summed E-state index contributed by atoms with van der Waals surface area (Å²) in [7, 11) is 0. The molecule has 1 N–H and O–H groups in total. The first-order valence-corrected chi connectivity index (χ1v) is 5.69. The van der Waals surface area contributed by atoms with E-state index in [0.29, 0.717) is 18.3 Å². The lowest BCUT2D eigenvalue weighted by molar-refractivity contribution is -0.0888. The molecule has 1 aliphatic heterocycles.